The number of aliphatic carboxylic acids is 1. The van der Waals surface area contributed by atoms with Crippen LogP contribution in [0.1, 0.15) is 5.56 Å². The lowest BCUT2D eigenvalue weighted by atomic mass is 10.1. The largest absolute Gasteiger partial charge is 0.477 e. The van der Waals surface area contributed by atoms with Gasteiger partial charge in [0, 0.05) is 12.0 Å². The summed E-state index contributed by atoms with van der Waals surface area (Å²) in [5.74, 6) is -0.697. The summed E-state index contributed by atoms with van der Waals surface area (Å²) in [5, 5.41) is 21.4. The molecule has 6 nitrogen and oxygen atoms in total. The number of hydrazone groups is 1. The SMILES string of the molecule is O=C(O)/C(Cc1ccccc1)=N\Nc1ccc(-c2ccccc2)nn1. The number of carbonyl (C=O) groups is 1. The maximum Gasteiger partial charge on any atom is 0.352 e. The van der Waals surface area contributed by atoms with Crippen LogP contribution < -0.4 is 5.43 Å². The lowest BCUT2D eigenvalue weighted by Gasteiger charge is -2.04. The molecule has 0 saturated heterocycles. The number of carboxylic acid groups (broad SMARTS) is 1. The molecule has 0 atom stereocenters. The molecule has 0 bridgehead atoms. The summed E-state index contributed by atoms with van der Waals surface area (Å²) in [6.07, 6.45) is 0.221. The molecular weight excluding hydrogens is 316 g/mol. The normalized spacial score (nSPS) is 11.1. The lowest BCUT2D eigenvalue weighted by molar-refractivity contribution is -0.129. The predicted octanol–water partition coefficient (Wildman–Crippen LogP) is 3.24. The van der Waals surface area contributed by atoms with Crippen LogP contribution in [0.5, 0.6) is 0 Å². The van der Waals surface area contributed by atoms with Gasteiger partial charge in [0.15, 0.2) is 5.82 Å². The zero-order chi connectivity index (χ0) is 17.5. The van der Waals surface area contributed by atoms with E-state index >= 15 is 0 Å². The molecule has 0 saturated carbocycles. The summed E-state index contributed by atoms with van der Waals surface area (Å²) in [7, 11) is 0. The third-order valence-corrected chi connectivity index (χ3v) is 3.50. The highest BCUT2D eigenvalue weighted by atomic mass is 16.4. The molecule has 124 valence electrons. The fourth-order valence-electron chi connectivity index (χ4n) is 2.23. The molecule has 0 unspecified atom stereocenters. The van der Waals surface area contributed by atoms with Crippen LogP contribution in [0.3, 0.4) is 0 Å². The van der Waals surface area contributed by atoms with E-state index in [9.17, 15) is 9.90 Å². The molecular formula is C19H16N4O2. The summed E-state index contributed by atoms with van der Waals surface area (Å²) >= 11 is 0. The van der Waals surface area contributed by atoms with Crippen LogP contribution in [-0.4, -0.2) is 27.0 Å². The van der Waals surface area contributed by atoms with Crippen LogP contribution in [0, 0.1) is 0 Å². The monoisotopic (exact) mass is 332 g/mol. The molecule has 0 amide bonds. The second-order valence-corrected chi connectivity index (χ2v) is 5.31. The van der Waals surface area contributed by atoms with Gasteiger partial charge >= 0.3 is 5.97 Å². The maximum absolute atomic E-state index is 11.4. The Balaban J connectivity index is 1.71. The van der Waals surface area contributed by atoms with E-state index in [1.165, 1.54) is 0 Å². The van der Waals surface area contributed by atoms with Gasteiger partial charge in [0.05, 0.1) is 5.69 Å². The number of nitrogens with one attached hydrogen (secondary N) is 1. The quantitative estimate of drug-likeness (QED) is 0.534. The summed E-state index contributed by atoms with van der Waals surface area (Å²) in [6, 6.07) is 22.5. The highest BCUT2D eigenvalue weighted by Crippen LogP contribution is 2.16. The number of rotatable bonds is 6. The summed E-state index contributed by atoms with van der Waals surface area (Å²) in [4.78, 5) is 11.4. The lowest BCUT2D eigenvalue weighted by Crippen LogP contribution is -2.18. The van der Waals surface area contributed by atoms with Crippen molar-refractivity contribution in [2.45, 2.75) is 6.42 Å². The fraction of sp³-hybridized carbons (Fsp3) is 0.0526. The minimum absolute atomic E-state index is 0.000126. The molecule has 0 aliphatic rings. The Kier molecular flexibility index (Phi) is 5.11. The van der Waals surface area contributed by atoms with Gasteiger partial charge in [0.1, 0.15) is 5.71 Å². The molecule has 0 aliphatic carbocycles. The molecule has 2 aromatic carbocycles. The van der Waals surface area contributed by atoms with Gasteiger partial charge in [0.25, 0.3) is 0 Å². The Bertz CT molecular complexity index is 863. The highest BCUT2D eigenvalue weighted by Gasteiger charge is 2.11. The second-order valence-electron chi connectivity index (χ2n) is 5.31. The Morgan fingerprint density at radius 2 is 1.60 bits per heavy atom. The molecule has 3 rings (SSSR count). The molecule has 1 aromatic heterocycles. The van der Waals surface area contributed by atoms with Crippen molar-refractivity contribution in [1.82, 2.24) is 10.2 Å². The minimum Gasteiger partial charge on any atom is -0.477 e. The second kappa shape index (κ2) is 7.83. The summed E-state index contributed by atoms with van der Waals surface area (Å²) < 4.78 is 0. The van der Waals surface area contributed by atoms with Crippen molar-refractivity contribution in [1.29, 1.82) is 0 Å². The molecule has 0 aliphatic heterocycles. The third kappa shape index (κ3) is 4.48. The number of anilines is 1. The first-order valence-corrected chi connectivity index (χ1v) is 7.71. The highest BCUT2D eigenvalue weighted by molar-refractivity contribution is 6.36. The van der Waals surface area contributed by atoms with Crippen LogP contribution in [0.4, 0.5) is 5.82 Å². The van der Waals surface area contributed by atoms with Gasteiger partial charge in [-0.1, -0.05) is 60.7 Å². The molecule has 1 heterocycles. The van der Waals surface area contributed by atoms with E-state index in [1.54, 1.807) is 12.1 Å². The Labute approximate surface area is 144 Å². The van der Waals surface area contributed by atoms with Crippen molar-refractivity contribution in [2.75, 3.05) is 5.43 Å². The zero-order valence-electron chi connectivity index (χ0n) is 13.3. The topological polar surface area (TPSA) is 87.5 Å². The van der Waals surface area contributed by atoms with E-state index in [0.717, 1.165) is 16.8 Å². The molecule has 6 heteroatoms. The van der Waals surface area contributed by atoms with E-state index in [4.69, 9.17) is 0 Å². The van der Waals surface area contributed by atoms with E-state index in [-0.39, 0.29) is 12.1 Å². The van der Waals surface area contributed by atoms with Crippen LogP contribution in [0.15, 0.2) is 77.9 Å². The first-order chi connectivity index (χ1) is 12.2. The zero-order valence-corrected chi connectivity index (χ0v) is 13.3. The smallest absolute Gasteiger partial charge is 0.352 e. The predicted molar refractivity (Wildman–Crippen MR) is 96.3 cm³/mol. The van der Waals surface area contributed by atoms with Crippen LogP contribution >= 0.6 is 0 Å². The summed E-state index contributed by atoms with van der Waals surface area (Å²) in [5.41, 5.74) is 5.22. The van der Waals surface area contributed by atoms with Crippen molar-refractivity contribution in [3.05, 3.63) is 78.4 Å². The van der Waals surface area contributed by atoms with Crippen LogP contribution in [-0.2, 0) is 11.2 Å². The third-order valence-electron chi connectivity index (χ3n) is 3.50. The number of carboxylic acids is 1. The van der Waals surface area contributed by atoms with Gasteiger partial charge in [-0.05, 0) is 17.7 Å². The van der Waals surface area contributed by atoms with E-state index in [1.807, 2.05) is 60.7 Å². The van der Waals surface area contributed by atoms with Crippen molar-refractivity contribution in [3.63, 3.8) is 0 Å². The van der Waals surface area contributed by atoms with Crippen LogP contribution in [0.2, 0.25) is 0 Å². The molecule has 25 heavy (non-hydrogen) atoms. The first kappa shape index (κ1) is 16.3. The molecule has 0 fully saturated rings. The molecule has 0 radical (unpaired) electrons. The average Bonchev–Trinajstić information content (AvgIpc) is 2.67. The number of nitrogens with zero attached hydrogens (tertiary/aromatic N) is 3. The van der Waals surface area contributed by atoms with Gasteiger partial charge in [0.2, 0.25) is 0 Å². The number of benzene rings is 2. The first-order valence-electron chi connectivity index (χ1n) is 7.71. The van der Waals surface area contributed by atoms with Gasteiger partial charge in [-0.2, -0.15) is 5.10 Å². The minimum atomic E-state index is -1.08. The summed E-state index contributed by atoms with van der Waals surface area (Å²) in [6.45, 7) is 0. The maximum atomic E-state index is 11.4. The van der Waals surface area contributed by atoms with E-state index < -0.39 is 5.97 Å². The number of hydrogen-bond acceptors (Lipinski definition) is 5. The molecule has 0 spiro atoms. The van der Waals surface area contributed by atoms with Gasteiger partial charge in [-0.3, -0.25) is 5.43 Å². The van der Waals surface area contributed by atoms with Crippen molar-refractivity contribution in [3.8, 4) is 11.3 Å². The Morgan fingerprint density at radius 1 is 0.920 bits per heavy atom. The van der Waals surface area contributed by atoms with Gasteiger partial charge in [-0.15, -0.1) is 10.2 Å². The average molecular weight is 332 g/mol. The van der Waals surface area contributed by atoms with Crippen molar-refractivity contribution in [2.24, 2.45) is 5.10 Å². The standard InChI is InChI=1S/C19H16N4O2/c24-19(25)17(13-14-7-3-1-4-8-14)21-23-18-12-11-16(20-22-18)15-9-5-2-6-10-15/h1-12H,13H2,(H,22,23)(H,24,25)/b21-17-. The fourth-order valence-corrected chi connectivity index (χ4v) is 2.23. The van der Waals surface area contributed by atoms with E-state index in [0.29, 0.717) is 5.82 Å². The van der Waals surface area contributed by atoms with E-state index in [2.05, 4.69) is 20.7 Å². The van der Waals surface area contributed by atoms with Gasteiger partial charge in [-0.25, -0.2) is 4.79 Å². The Hall–Kier alpha value is -3.54. The molecule has 2 N–H and O–H groups in total. The van der Waals surface area contributed by atoms with Crippen molar-refractivity contribution < 1.29 is 9.90 Å². The number of aromatic nitrogens is 2. The van der Waals surface area contributed by atoms with Gasteiger partial charge < -0.3 is 5.11 Å². The van der Waals surface area contributed by atoms with Crippen LogP contribution in [0.25, 0.3) is 11.3 Å². The Morgan fingerprint density at radius 3 is 2.20 bits per heavy atom. The number of hydrogen-bond donors (Lipinski definition) is 2. The van der Waals surface area contributed by atoms with Crippen molar-refractivity contribution >= 4 is 17.5 Å². The molecule has 3 aromatic rings.